The summed E-state index contributed by atoms with van der Waals surface area (Å²) in [7, 11) is -4.09. The van der Waals surface area contributed by atoms with Gasteiger partial charge in [0, 0.05) is 18.2 Å². The lowest BCUT2D eigenvalue weighted by molar-refractivity contribution is -0.0410. The fourth-order valence-corrected chi connectivity index (χ4v) is 5.07. The van der Waals surface area contributed by atoms with Crippen molar-refractivity contribution in [2.75, 3.05) is 0 Å². The Hall–Kier alpha value is -1.94. The highest BCUT2D eigenvalue weighted by atomic mass is 31.2. The van der Waals surface area contributed by atoms with Crippen LogP contribution in [0.15, 0.2) is 68.4 Å². The van der Waals surface area contributed by atoms with Crippen LogP contribution in [-0.4, -0.2) is 5.92 Å². The summed E-state index contributed by atoms with van der Waals surface area (Å²) in [6, 6.07) is 8.15. The Labute approximate surface area is 112 Å². The second-order valence-electron chi connectivity index (χ2n) is 3.99. The summed E-state index contributed by atoms with van der Waals surface area (Å²) in [5.41, 5.74) is -0.597. The maximum atomic E-state index is 13.9. The third-order valence-electron chi connectivity index (χ3n) is 2.89. The molecule has 0 saturated heterocycles. The topological polar surface area (TPSA) is 39.4 Å². The monoisotopic (exact) mass is 301 g/mol. The smallest absolute Gasteiger partial charge is 0.434 e. The maximum Gasteiger partial charge on any atom is 0.534 e. The molecule has 0 aliphatic carbocycles. The first kappa shape index (κ1) is 13.1. The lowest BCUT2D eigenvalue weighted by atomic mass is 10.7. The molecule has 0 spiro atoms. The summed E-state index contributed by atoms with van der Waals surface area (Å²) >= 11 is 0. The van der Waals surface area contributed by atoms with Crippen molar-refractivity contribution in [2.24, 2.45) is 0 Å². The zero-order valence-electron chi connectivity index (χ0n) is 10.0. The minimum atomic E-state index is -4.58. The summed E-state index contributed by atoms with van der Waals surface area (Å²) in [4.78, 5) is 0. The molecule has 3 rings (SSSR count). The second-order valence-corrected chi connectivity index (χ2v) is 7.16. The van der Waals surface area contributed by atoms with E-state index in [0.717, 1.165) is 0 Å². The van der Waals surface area contributed by atoms with Crippen molar-refractivity contribution in [3.8, 4) is 0 Å². The van der Waals surface area contributed by atoms with Crippen LogP contribution < -0.4 is 16.5 Å². The maximum absolute atomic E-state index is 13.9. The van der Waals surface area contributed by atoms with E-state index in [-0.39, 0.29) is 16.5 Å². The predicted molar refractivity (Wildman–Crippen MR) is 68.0 cm³/mol. The third kappa shape index (κ3) is 1.72. The fraction of sp³-hybridized carbons (Fsp3) is 0.0769. The second kappa shape index (κ2) is 4.56. The van der Waals surface area contributed by atoms with Crippen LogP contribution in [0.2, 0.25) is 0 Å². The molecular weight excluding hydrogens is 292 g/mol. The molecule has 3 aromatic rings. The Morgan fingerprint density at radius 2 is 1.05 bits per heavy atom. The largest absolute Gasteiger partial charge is 0.534 e. The zero-order chi connectivity index (χ0) is 14.2. The number of hydrogen-bond donors (Lipinski definition) is 0. The van der Waals surface area contributed by atoms with Crippen LogP contribution in [0.25, 0.3) is 0 Å². The standard InChI is InChI=1S/C13H9F3O3P/c14-13(15,16)20(10-4-1-7-17-10,11-5-2-8-18-11)12-6-3-9-19-12/h1-9H/q+1. The first-order chi connectivity index (χ1) is 9.57. The summed E-state index contributed by atoms with van der Waals surface area (Å²) in [6.07, 6.45) is 3.63. The number of furan rings is 3. The molecule has 3 nitrogen and oxygen atoms in total. The average Bonchev–Trinajstić information content (AvgIpc) is 3.13. The molecule has 20 heavy (non-hydrogen) atoms. The van der Waals surface area contributed by atoms with Crippen LogP contribution in [0.4, 0.5) is 13.2 Å². The Kier molecular flexibility index (Phi) is 2.98. The first-order valence-corrected chi connectivity index (χ1v) is 7.44. The van der Waals surface area contributed by atoms with Gasteiger partial charge in [-0.05, 0) is 18.2 Å². The lowest BCUT2D eigenvalue weighted by Crippen LogP contribution is -2.39. The molecule has 0 bridgehead atoms. The summed E-state index contributed by atoms with van der Waals surface area (Å²) in [6.45, 7) is 0. The van der Waals surface area contributed by atoms with E-state index in [4.69, 9.17) is 13.3 Å². The molecule has 3 heterocycles. The van der Waals surface area contributed by atoms with Gasteiger partial charge in [-0.2, -0.15) is 0 Å². The predicted octanol–water partition coefficient (Wildman–Crippen LogP) is 3.28. The molecule has 0 radical (unpaired) electrons. The van der Waals surface area contributed by atoms with E-state index in [9.17, 15) is 13.2 Å². The van der Waals surface area contributed by atoms with Crippen molar-refractivity contribution >= 4 is 23.8 Å². The van der Waals surface area contributed by atoms with E-state index in [1.807, 2.05) is 0 Å². The summed E-state index contributed by atoms with van der Waals surface area (Å²) in [5, 5.41) is 0. The highest BCUT2D eigenvalue weighted by molar-refractivity contribution is 7.95. The van der Waals surface area contributed by atoms with Gasteiger partial charge in [-0.15, -0.1) is 13.2 Å². The van der Waals surface area contributed by atoms with Gasteiger partial charge in [0.1, 0.15) is 0 Å². The van der Waals surface area contributed by atoms with Crippen LogP contribution in [0.5, 0.6) is 0 Å². The molecular formula is C13H9F3O3P+. The van der Waals surface area contributed by atoms with Crippen molar-refractivity contribution in [3.63, 3.8) is 0 Å². The fourth-order valence-electron chi connectivity index (χ4n) is 2.08. The van der Waals surface area contributed by atoms with Crippen LogP contribution in [0, 0.1) is 0 Å². The summed E-state index contributed by atoms with van der Waals surface area (Å²) in [5.74, 6) is -4.58. The Morgan fingerprint density at radius 1 is 0.700 bits per heavy atom. The van der Waals surface area contributed by atoms with Gasteiger partial charge in [0.15, 0.2) is 0 Å². The number of alkyl halides is 3. The molecule has 0 aliphatic heterocycles. The van der Waals surface area contributed by atoms with Gasteiger partial charge in [0.05, 0.1) is 18.8 Å². The molecule has 0 atom stereocenters. The Morgan fingerprint density at radius 3 is 1.25 bits per heavy atom. The zero-order valence-corrected chi connectivity index (χ0v) is 10.9. The van der Waals surface area contributed by atoms with Crippen molar-refractivity contribution in [2.45, 2.75) is 5.92 Å². The van der Waals surface area contributed by atoms with Crippen LogP contribution in [0.1, 0.15) is 0 Å². The summed E-state index contributed by atoms with van der Waals surface area (Å²) < 4.78 is 57.1. The van der Waals surface area contributed by atoms with Crippen molar-refractivity contribution < 1.29 is 26.4 Å². The molecule has 104 valence electrons. The molecule has 0 unspecified atom stereocenters. The van der Waals surface area contributed by atoms with Gasteiger partial charge in [-0.25, -0.2) is 0 Å². The molecule has 0 aromatic carbocycles. The lowest BCUT2D eigenvalue weighted by Gasteiger charge is -2.20. The van der Waals surface area contributed by atoms with E-state index in [1.54, 1.807) is 0 Å². The van der Waals surface area contributed by atoms with Gasteiger partial charge in [0.25, 0.3) is 16.5 Å². The third-order valence-corrected chi connectivity index (χ3v) is 6.40. The minimum absolute atomic E-state index is 0.199. The van der Waals surface area contributed by atoms with Crippen molar-refractivity contribution in [3.05, 3.63) is 55.2 Å². The van der Waals surface area contributed by atoms with Crippen LogP contribution in [-0.2, 0) is 0 Å². The molecule has 0 aliphatic rings. The van der Waals surface area contributed by atoms with Gasteiger partial charge < -0.3 is 13.3 Å². The first-order valence-electron chi connectivity index (χ1n) is 5.65. The quantitative estimate of drug-likeness (QED) is 0.697. The molecule has 0 amide bonds. The Balaban J connectivity index is 2.37. The number of halogens is 3. The SMILES string of the molecule is FC(F)(F)[P+](c1ccco1)(c1ccco1)c1ccco1. The number of hydrogen-bond acceptors (Lipinski definition) is 3. The van der Waals surface area contributed by atoms with Crippen molar-refractivity contribution in [1.29, 1.82) is 0 Å². The van der Waals surface area contributed by atoms with E-state index in [1.165, 1.54) is 55.2 Å². The average molecular weight is 301 g/mol. The van der Waals surface area contributed by atoms with E-state index >= 15 is 0 Å². The van der Waals surface area contributed by atoms with E-state index in [0.29, 0.717) is 0 Å². The minimum Gasteiger partial charge on any atom is -0.434 e. The van der Waals surface area contributed by atoms with Gasteiger partial charge in [-0.3, -0.25) is 0 Å². The van der Waals surface area contributed by atoms with Crippen molar-refractivity contribution in [1.82, 2.24) is 0 Å². The molecule has 3 aromatic heterocycles. The molecule has 0 N–H and O–H groups in total. The highest BCUT2D eigenvalue weighted by Gasteiger charge is 2.75. The van der Waals surface area contributed by atoms with Gasteiger partial charge >= 0.3 is 13.2 Å². The molecule has 7 heteroatoms. The number of rotatable bonds is 3. The van der Waals surface area contributed by atoms with Crippen LogP contribution in [0.3, 0.4) is 0 Å². The Bertz CT molecular complexity index is 570. The van der Waals surface area contributed by atoms with E-state index < -0.39 is 13.2 Å². The normalized spacial score (nSPS) is 12.8. The van der Waals surface area contributed by atoms with Gasteiger partial charge in [0.2, 0.25) is 0 Å². The highest BCUT2D eigenvalue weighted by Crippen LogP contribution is 2.68. The van der Waals surface area contributed by atoms with Gasteiger partial charge in [-0.1, -0.05) is 0 Å². The van der Waals surface area contributed by atoms with E-state index in [2.05, 4.69) is 0 Å². The van der Waals surface area contributed by atoms with Crippen LogP contribution >= 0.6 is 7.26 Å². The molecule has 0 fully saturated rings. The molecule has 0 saturated carbocycles.